The molecule has 170 valence electrons. The number of aromatic hydroxyl groups is 3. The van der Waals surface area contributed by atoms with Gasteiger partial charge in [0.2, 0.25) is 6.29 Å². The molecule has 1 aliphatic rings. The number of hydrogen-bond donors (Lipinski definition) is 7. The summed E-state index contributed by atoms with van der Waals surface area (Å²) in [5, 5.41) is 68.5. The molecule has 1 aromatic heterocycles. The van der Waals surface area contributed by atoms with Crippen LogP contribution in [0.4, 0.5) is 0 Å². The largest absolute Gasteiger partial charge is 0.507 e. The summed E-state index contributed by atoms with van der Waals surface area (Å²) in [7, 11) is 0. The highest BCUT2D eigenvalue weighted by Crippen LogP contribution is 2.35. The molecule has 0 radical (unpaired) electrons. The normalized spacial score (nSPS) is 25.7. The van der Waals surface area contributed by atoms with Crippen LogP contribution < -0.4 is 10.2 Å². The lowest BCUT2D eigenvalue weighted by molar-refractivity contribution is -0.277. The molecule has 11 heteroatoms. The highest BCUT2D eigenvalue weighted by Gasteiger charge is 2.44. The Kier molecular flexibility index (Phi) is 5.67. The van der Waals surface area contributed by atoms with E-state index in [2.05, 4.69) is 0 Å². The van der Waals surface area contributed by atoms with E-state index in [1.807, 2.05) is 0 Å². The maximum absolute atomic E-state index is 12.5. The number of benzene rings is 2. The first kappa shape index (κ1) is 21.9. The standard InChI is InChI=1S/C21H20O11/c22-7-16-18(27)19(28)20(29)21(32-16)30-9-4-12(25)17-13(26)6-14(31-15(17)5-9)8-1-2-10(23)11(24)3-8/h1-6,16,18-25,27-29H,7H2/t16-,18-,19+,20-,21+/m1/s1. The molecule has 4 rings (SSSR count). The van der Waals surface area contributed by atoms with Gasteiger partial charge in [-0.2, -0.15) is 0 Å². The van der Waals surface area contributed by atoms with Crippen molar-refractivity contribution in [2.75, 3.05) is 6.61 Å². The van der Waals surface area contributed by atoms with Crippen LogP contribution in [-0.4, -0.2) is 73.1 Å². The molecule has 0 spiro atoms. The quantitative estimate of drug-likeness (QED) is 0.261. The highest BCUT2D eigenvalue weighted by atomic mass is 16.7. The van der Waals surface area contributed by atoms with Crippen molar-refractivity contribution in [1.29, 1.82) is 0 Å². The Balaban J connectivity index is 1.72. The Morgan fingerprint density at radius 3 is 2.31 bits per heavy atom. The summed E-state index contributed by atoms with van der Waals surface area (Å²) in [6.07, 6.45) is -7.61. The number of phenolic OH excluding ortho intramolecular Hbond substituents is 3. The van der Waals surface area contributed by atoms with Crippen molar-refractivity contribution in [1.82, 2.24) is 0 Å². The summed E-state index contributed by atoms with van der Waals surface area (Å²) >= 11 is 0. The van der Waals surface area contributed by atoms with Gasteiger partial charge in [0.25, 0.3) is 0 Å². The molecule has 2 aromatic carbocycles. The van der Waals surface area contributed by atoms with Crippen LogP contribution >= 0.6 is 0 Å². The topological polar surface area (TPSA) is 190 Å². The van der Waals surface area contributed by atoms with Gasteiger partial charge in [0.15, 0.2) is 16.9 Å². The van der Waals surface area contributed by atoms with Gasteiger partial charge >= 0.3 is 0 Å². The molecule has 7 N–H and O–H groups in total. The second kappa shape index (κ2) is 8.30. The van der Waals surface area contributed by atoms with E-state index in [9.17, 15) is 40.5 Å². The van der Waals surface area contributed by atoms with E-state index in [1.54, 1.807) is 0 Å². The maximum Gasteiger partial charge on any atom is 0.229 e. The number of fused-ring (bicyclic) bond motifs is 1. The van der Waals surface area contributed by atoms with Gasteiger partial charge in [-0.3, -0.25) is 4.79 Å². The minimum Gasteiger partial charge on any atom is -0.507 e. The molecule has 32 heavy (non-hydrogen) atoms. The van der Waals surface area contributed by atoms with Gasteiger partial charge in [0.05, 0.1) is 6.61 Å². The van der Waals surface area contributed by atoms with Crippen molar-refractivity contribution in [2.24, 2.45) is 0 Å². The maximum atomic E-state index is 12.5. The Morgan fingerprint density at radius 1 is 0.875 bits per heavy atom. The molecule has 5 atom stereocenters. The molecule has 0 aliphatic carbocycles. The summed E-state index contributed by atoms with van der Waals surface area (Å²) < 4.78 is 16.4. The lowest BCUT2D eigenvalue weighted by Crippen LogP contribution is -2.60. The zero-order valence-corrected chi connectivity index (χ0v) is 16.3. The second-order valence-electron chi connectivity index (χ2n) is 7.31. The van der Waals surface area contributed by atoms with Crippen molar-refractivity contribution in [3.8, 4) is 34.3 Å². The second-order valence-corrected chi connectivity index (χ2v) is 7.31. The lowest BCUT2D eigenvalue weighted by Gasteiger charge is -2.39. The van der Waals surface area contributed by atoms with E-state index < -0.39 is 54.2 Å². The summed E-state index contributed by atoms with van der Waals surface area (Å²) in [5.41, 5.74) is -0.413. The number of aliphatic hydroxyl groups is 4. The van der Waals surface area contributed by atoms with Crippen molar-refractivity contribution >= 4 is 11.0 Å². The van der Waals surface area contributed by atoms with E-state index >= 15 is 0 Å². The fourth-order valence-corrected chi connectivity index (χ4v) is 3.43. The van der Waals surface area contributed by atoms with E-state index in [0.29, 0.717) is 0 Å². The predicted molar refractivity (Wildman–Crippen MR) is 107 cm³/mol. The predicted octanol–water partition coefficient (Wildman–Crippen LogP) is -0.245. The Bertz CT molecular complexity index is 1200. The molecular formula is C21H20O11. The zero-order chi connectivity index (χ0) is 23.2. The summed E-state index contributed by atoms with van der Waals surface area (Å²) in [6.45, 7) is -0.647. The van der Waals surface area contributed by atoms with Crippen molar-refractivity contribution in [3.63, 3.8) is 0 Å². The SMILES string of the molecule is O=c1cc(-c2ccc(O)c(O)c2)oc2cc(O[C@H]3O[C@H](CO)[C@@H](O)[C@H](O)[C@H]3O)cc(O)c12. The Morgan fingerprint density at radius 2 is 1.62 bits per heavy atom. The molecule has 0 amide bonds. The lowest BCUT2D eigenvalue weighted by atomic mass is 9.99. The van der Waals surface area contributed by atoms with Crippen LogP contribution in [0, 0.1) is 0 Å². The molecule has 1 fully saturated rings. The summed E-state index contributed by atoms with van der Waals surface area (Å²) in [4.78, 5) is 12.5. The van der Waals surface area contributed by atoms with Crippen LogP contribution in [0.15, 0.2) is 45.6 Å². The zero-order valence-electron chi connectivity index (χ0n) is 16.3. The third kappa shape index (κ3) is 3.83. The highest BCUT2D eigenvalue weighted by molar-refractivity contribution is 5.86. The van der Waals surface area contributed by atoms with E-state index in [-0.39, 0.29) is 33.8 Å². The number of ether oxygens (including phenoxy) is 2. The fourth-order valence-electron chi connectivity index (χ4n) is 3.43. The van der Waals surface area contributed by atoms with Gasteiger partial charge < -0.3 is 49.6 Å². The van der Waals surface area contributed by atoms with Crippen molar-refractivity contribution in [2.45, 2.75) is 30.7 Å². The van der Waals surface area contributed by atoms with Crippen LogP contribution in [0.3, 0.4) is 0 Å². The third-order valence-electron chi connectivity index (χ3n) is 5.14. The molecule has 0 unspecified atom stereocenters. The van der Waals surface area contributed by atoms with E-state index in [4.69, 9.17) is 13.9 Å². The first-order valence-corrected chi connectivity index (χ1v) is 9.50. The molecular weight excluding hydrogens is 428 g/mol. The first-order valence-electron chi connectivity index (χ1n) is 9.50. The average Bonchev–Trinajstić information content (AvgIpc) is 2.75. The average molecular weight is 448 g/mol. The summed E-state index contributed by atoms with van der Waals surface area (Å²) in [6, 6.07) is 7.23. The number of phenols is 3. The molecule has 2 heterocycles. The molecule has 1 aliphatic heterocycles. The van der Waals surface area contributed by atoms with Gasteiger partial charge in [0, 0.05) is 23.8 Å². The molecule has 0 bridgehead atoms. The van der Waals surface area contributed by atoms with E-state index in [1.165, 1.54) is 24.3 Å². The van der Waals surface area contributed by atoms with Gasteiger partial charge in [-0.15, -0.1) is 0 Å². The van der Waals surface area contributed by atoms with Crippen molar-refractivity contribution < 1.29 is 49.6 Å². The minimum atomic E-state index is -1.68. The molecule has 0 saturated carbocycles. The fraction of sp³-hybridized carbons (Fsp3) is 0.286. The third-order valence-corrected chi connectivity index (χ3v) is 5.14. The molecule has 1 saturated heterocycles. The molecule has 11 nitrogen and oxygen atoms in total. The van der Waals surface area contributed by atoms with Gasteiger partial charge in [-0.25, -0.2) is 0 Å². The monoisotopic (exact) mass is 448 g/mol. The van der Waals surface area contributed by atoms with Crippen LogP contribution in [0.2, 0.25) is 0 Å². The van der Waals surface area contributed by atoms with Crippen LogP contribution in [0.1, 0.15) is 0 Å². The summed E-state index contributed by atoms with van der Waals surface area (Å²) in [5.74, 6) is -1.34. The van der Waals surface area contributed by atoms with Crippen LogP contribution in [0.5, 0.6) is 23.0 Å². The van der Waals surface area contributed by atoms with Crippen molar-refractivity contribution in [3.05, 3.63) is 46.6 Å². The Hall–Kier alpha value is -3.35. The smallest absolute Gasteiger partial charge is 0.229 e. The Labute approximate surface area is 179 Å². The van der Waals surface area contributed by atoms with Crippen LogP contribution in [0.25, 0.3) is 22.3 Å². The van der Waals surface area contributed by atoms with Gasteiger partial charge in [-0.1, -0.05) is 0 Å². The number of aliphatic hydroxyl groups excluding tert-OH is 4. The van der Waals surface area contributed by atoms with Gasteiger partial charge in [0.1, 0.15) is 52.6 Å². The van der Waals surface area contributed by atoms with Crippen LogP contribution in [-0.2, 0) is 4.74 Å². The molecule has 3 aromatic rings. The van der Waals surface area contributed by atoms with E-state index in [0.717, 1.165) is 12.1 Å². The number of hydrogen-bond acceptors (Lipinski definition) is 11. The minimum absolute atomic E-state index is 0.0298. The number of rotatable bonds is 4. The first-order chi connectivity index (χ1) is 15.2. The van der Waals surface area contributed by atoms with Gasteiger partial charge in [-0.05, 0) is 18.2 Å².